The van der Waals surface area contributed by atoms with Crippen molar-refractivity contribution in [2.75, 3.05) is 41.0 Å². The fourth-order valence-electron chi connectivity index (χ4n) is 7.46. The molecule has 6 bridgehead atoms. The van der Waals surface area contributed by atoms with Gasteiger partial charge in [0.1, 0.15) is 11.8 Å². The first-order valence-electron chi connectivity index (χ1n) is 18.6. The summed E-state index contributed by atoms with van der Waals surface area (Å²) in [6, 6.07) is 9.81. The largest absolute Gasteiger partial charge is 0.500 e. The van der Waals surface area contributed by atoms with Gasteiger partial charge in [0.15, 0.2) is 0 Å². The van der Waals surface area contributed by atoms with E-state index in [1.807, 2.05) is 18.4 Å². The highest BCUT2D eigenvalue weighted by Crippen LogP contribution is 2.42. The first-order valence-corrected chi connectivity index (χ1v) is 19.5. The van der Waals surface area contributed by atoms with E-state index in [-0.39, 0.29) is 43.9 Å². The normalized spacial score (nSPS) is 19.6. The van der Waals surface area contributed by atoms with E-state index in [1.165, 1.54) is 28.4 Å². The molecule has 0 aliphatic carbocycles. The summed E-state index contributed by atoms with van der Waals surface area (Å²) in [6.45, 7) is 13.7. The van der Waals surface area contributed by atoms with Gasteiger partial charge in [0.2, 0.25) is 11.8 Å². The van der Waals surface area contributed by atoms with Gasteiger partial charge in [-0.1, -0.05) is 26.5 Å². The molecule has 0 radical (unpaired) electrons. The van der Waals surface area contributed by atoms with Gasteiger partial charge in [-0.25, -0.2) is 10.4 Å². The predicted molar refractivity (Wildman–Crippen MR) is 209 cm³/mol. The van der Waals surface area contributed by atoms with E-state index in [0.717, 1.165) is 56.2 Å². The lowest BCUT2D eigenvalue weighted by atomic mass is 9.84. The maximum Gasteiger partial charge on any atom is 0.324 e. The standard InChI is InChI=1S/C41H52N6O6S/c1-9-46-34-15-14-27-18-30(34)31(38(46)29-12-10-16-42-37(29)26(3)52-8)21-41(4,5)24-53-40(50)32-13-11-17-47(44-32)39(49)28(19-35-43-33(27)23-54-35)20-36(48)45(6)22-25(2)51-7/h10,12,14-16,18,23,26,28,32,44H,2,9,11,13,17,19-22,24H2,1,3-8H3/t26-,28?,32-/m0/s1. The van der Waals surface area contributed by atoms with E-state index in [9.17, 15) is 14.4 Å². The summed E-state index contributed by atoms with van der Waals surface area (Å²) < 4.78 is 19.4. The minimum atomic E-state index is -0.715. The molecule has 13 heteroatoms. The molecule has 0 spiro atoms. The molecule has 1 aromatic carbocycles. The zero-order valence-corrected chi connectivity index (χ0v) is 33.3. The van der Waals surface area contributed by atoms with Crippen LogP contribution in [0, 0.1) is 11.3 Å². The van der Waals surface area contributed by atoms with E-state index < -0.39 is 23.3 Å². The lowest BCUT2D eigenvalue weighted by Crippen LogP contribution is -2.57. The number of aryl methyl sites for hydroxylation is 1. The molecule has 54 heavy (non-hydrogen) atoms. The average molecular weight is 757 g/mol. The van der Waals surface area contributed by atoms with Crippen LogP contribution in [0.15, 0.2) is 54.2 Å². The van der Waals surface area contributed by atoms with Crippen LogP contribution in [0.5, 0.6) is 0 Å². The maximum absolute atomic E-state index is 14.2. The maximum atomic E-state index is 14.2. The quantitative estimate of drug-likeness (QED) is 0.154. The highest BCUT2D eigenvalue weighted by Gasteiger charge is 2.36. The van der Waals surface area contributed by atoms with Crippen molar-refractivity contribution in [3.63, 3.8) is 0 Å². The SMILES string of the molecule is C=C(CN(C)C(=O)CC1Cc2nc(cs2)-c2ccc3c(c2)c(c(-c2cccnc2[C@H](C)OC)n3CC)CC(C)(C)COC(=O)[C@@H]2CCCN(N2)C1=O)OC. The van der Waals surface area contributed by atoms with Crippen LogP contribution in [0.4, 0.5) is 0 Å². The number of thiazole rings is 1. The lowest BCUT2D eigenvalue weighted by molar-refractivity contribution is -0.156. The number of aromatic nitrogens is 3. The summed E-state index contributed by atoms with van der Waals surface area (Å²) in [6.07, 6.45) is 3.56. The third-order valence-electron chi connectivity index (χ3n) is 10.5. The fourth-order valence-corrected chi connectivity index (χ4v) is 8.35. The molecule has 2 aliphatic rings. The molecular formula is C41H52N6O6S. The Morgan fingerprint density at radius 1 is 1.24 bits per heavy atom. The molecule has 3 atom stereocenters. The number of hydrogen-bond acceptors (Lipinski definition) is 10. The van der Waals surface area contributed by atoms with Gasteiger partial charge in [0.05, 0.1) is 54.4 Å². The van der Waals surface area contributed by atoms with Crippen LogP contribution in [0.3, 0.4) is 0 Å². The van der Waals surface area contributed by atoms with Crippen molar-refractivity contribution in [3.05, 3.63) is 70.5 Å². The van der Waals surface area contributed by atoms with Gasteiger partial charge in [-0.3, -0.25) is 24.4 Å². The smallest absolute Gasteiger partial charge is 0.324 e. The van der Waals surface area contributed by atoms with Crippen LogP contribution in [0.1, 0.15) is 69.3 Å². The molecule has 3 aromatic heterocycles. The number of rotatable bonds is 9. The summed E-state index contributed by atoms with van der Waals surface area (Å²) in [5.74, 6) is -1.14. The number of nitrogens with zero attached hydrogens (tertiary/aromatic N) is 5. The molecule has 1 unspecified atom stereocenters. The van der Waals surface area contributed by atoms with Crippen LogP contribution in [0.25, 0.3) is 33.4 Å². The Balaban J connectivity index is 1.47. The minimum absolute atomic E-state index is 0.0383. The van der Waals surface area contributed by atoms with Gasteiger partial charge in [0.25, 0.3) is 0 Å². The number of pyridine rings is 1. The van der Waals surface area contributed by atoms with Crippen molar-refractivity contribution < 1.29 is 28.6 Å². The predicted octanol–water partition coefficient (Wildman–Crippen LogP) is 6.34. The van der Waals surface area contributed by atoms with Crippen molar-refractivity contribution >= 4 is 40.0 Å². The summed E-state index contributed by atoms with van der Waals surface area (Å²) in [4.78, 5) is 52.6. The second-order valence-corrected chi connectivity index (χ2v) is 16.0. The van der Waals surface area contributed by atoms with Crippen molar-refractivity contribution in [1.29, 1.82) is 0 Å². The Bertz CT molecular complexity index is 2040. The number of likely N-dealkylation sites (N-methyl/N-ethyl adjacent to an activating group) is 1. The van der Waals surface area contributed by atoms with Gasteiger partial charge >= 0.3 is 5.97 Å². The second kappa shape index (κ2) is 16.4. The number of carbonyl (C=O) groups is 3. The molecule has 5 heterocycles. The van der Waals surface area contributed by atoms with E-state index in [4.69, 9.17) is 24.2 Å². The van der Waals surface area contributed by atoms with Gasteiger partial charge < -0.3 is 23.7 Å². The van der Waals surface area contributed by atoms with Crippen molar-refractivity contribution in [2.45, 2.75) is 78.5 Å². The molecule has 12 nitrogen and oxygen atoms in total. The van der Waals surface area contributed by atoms with Crippen molar-refractivity contribution in [1.82, 2.24) is 29.9 Å². The molecule has 1 fully saturated rings. The fraction of sp³-hybridized carbons (Fsp3) is 0.488. The number of hydrazine groups is 1. The second-order valence-electron chi connectivity index (χ2n) is 15.1. The Morgan fingerprint density at radius 2 is 2.04 bits per heavy atom. The molecule has 1 N–H and O–H groups in total. The molecule has 0 saturated carbocycles. The van der Waals surface area contributed by atoms with E-state index in [0.29, 0.717) is 31.6 Å². The molecule has 4 aromatic rings. The zero-order chi connectivity index (χ0) is 38.7. The van der Waals surface area contributed by atoms with E-state index >= 15 is 0 Å². The first-order chi connectivity index (χ1) is 25.8. The summed E-state index contributed by atoms with van der Waals surface area (Å²) in [5.41, 5.74) is 9.59. The van der Waals surface area contributed by atoms with Crippen molar-refractivity contribution in [3.8, 4) is 22.5 Å². The Kier molecular flexibility index (Phi) is 11.9. The molecular weight excluding hydrogens is 705 g/mol. The van der Waals surface area contributed by atoms with Gasteiger partial charge in [0, 0.05) is 79.1 Å². The third kappa shape index (κ3) is 8.23. The van der Waals surface area contributed by atoms with Crippen LogP contribution in [-0.4, -0.2) is 89.2 Å². The average Bonchev–Trinajstić information content (AvgIpc) is 3.77. The van der Waals surface area contributed by atoms with Crippen LogP contribution in [0.2, 0.25) is 0 Å². The number of ether oxygens (including phenoxy) is 3. The number of cyclic esters (lactones) is 1. The van der Waals surface area contributed by atoms with Crippen LogP contribution >= 0.6 is 11.3 Å². The highest BCUT2D eigenvalue weighted by atomic mass is 32.1. The van der Waals surface area contributed by atoms with Crippen molar-refractivity contribution in [2.24, 2.45) is 11.3 Å². The topological polar surface area (TPSA) is 128 Å². The Morgan fingerprint density at radius 3 is 2.78 bits per heavy atom. The third-order valence-corrected chi connectivity index (χ3v) is 11.4. The van der Waals surface area contributed by atoms with E-state index in [2.05, 4.69) is 61.6 Å². The van der Waals surface area contributed by atoms with Gasteiger partial charge in [-0.05, 0) is 62.9 Å². The number of esters is 1. The number of benzene rings is 1. The molecule has 1 saturated heterocycles. The number of nitrogens with one attached hydrogen (secondary N) is 1. The Labute approximate surface area is 321 Å². The summed E-state index contributed by atoms with van der Waals surface area (Å²) >= 11 is 1.48. The number of hydrogen-bond donors (Lipinski definition) is 1. The summed E-state index contributed by atoms with van der Waals surface area (Å²) in [5, 5.41) is 5.35. The number of amides is 2. The Hall–Kier alpha value is -4.59. The van der Waals surface area contributed by atoms with Crippen LogP contribution < -0.4 is 5.43 Å². The zero-order valence-electron chi connectivity index (χ0n) is 32.4. The molecule has 288 valence electrons. The van der Waals surface area contributed by atoms with Gasteiger partial charge in [-0.2, -0.15) is 0 Å². The molecule has 2 aliphatic heterocycles. The monoisotopic (exact) mass is 756 g/mol. The van der Waals surface area contributed by atoms with E-state index in [1.54, 1.807) is 20.4 Å². The molecule has 2 amide bonds. The summed E-state index contributed by atoms with van der Waals surface area (Å²) in [7, 11) is 4.87. The number of methoxy groups -OCH3 is 2. The van der Waals surface area contributed by atoms with Crippen LogP contribution in [-0.2, 0) is 48.0 Å². The lowest BCUT2D eigenvalue weighted by Gasteiger charge is -2.35. The first kappa shape index (κ1) is 39.1. The molecule has 6 rings (SSSR count). The minimum Gasteiger partial charge on any atom is -0.500 e. The number of fused-ring (bicyclic) bond motifs is 6. The van der Waals surface area contributed by atoms with Gasteiger partial charge in [-0.15, -0.1) is 11.3 Å². The highest BCUT2D eigenvalue weighted by molar-refractivity contribution is 7.10. The number of carbonyl (C=O) groups excluding carboxylic acids is 3.